The minimum atomic E-state index is -0.439. The number of halogens is 1. The van der Waals surface area contributed by atoms with E-state index in [1.165, 1.54) is 29.3 Å². The lowest BCUT2D eigenvalue weighted by molar-refractivity contribution is 0.0762. The van der Waals surface area contributed by atoms with Crippen LogP contribution in [0.3, 0.4) is 0 Å². The molecule has 2 unspecified atom stereocenters. The Morgan fingerprint density at radius 1 is 0.887 bits per heavy atom. The number of H-pyrrole nitrogens is 1. The Labute approximate surface area is 308 Å². The van der Waals surface area contributed by atoms with Gasteiger partial charge in [0.05, 0.1) is 34.9 Å². The molecule has 4 aromatic heterocycles. The van der Waals surface area contributed by atoms with Crippen LogP contribution in [0.5, 0.6) is 0 Å². The zero-order valence-electron chi connectivity index (χ0n) is 30.1. The van der Waals surface area contributed by atoms with Crippen LogP contribution in [-0.2, 0) is 11.3 Å². The topological polar surface area (TPSA) is 124 Å². The maximum Gasteiger partial charge on any atom is 0.251 e. The average molecular weight is 711 g/mol. The van der Waals surface area contributed by atoms with Gasteiger partial charge in [0.1, 0.15) is 30.1 Å². The number of aromatic nitrogens is 5. The number of aryl methyl sites for hydroxylation is 3. The van der Waals surface area contributed by atoms with Crippen LogP contribution in [-0.4, -0.2) is 55.0 Å². The van der Waals surface area contributed by atoms with E-state index in [0.29, 0.717) is 12.1 Å². The standard InChI is InChI=1S/C42H43FN8O2/c1-25-8-6-16-44-36(25)34-12-5-13-35(37-26(2)9-7-17-45-37)51(34)19-18-46-42-39(53-42)33-22-32-38(48-24-49-40(32)50-33)28-14-15-30(27(3)20-28)23-47-41(52)29-10-4-11-31(43)21-29/h4,6-11,14-17,20-22,24,34-35,39,42,46H,5,12-13,18-19,23H2,1-3H3,(H,47,52)(H,48,49,50)/t34-,35+,39?,42?. The number of amides is 1. The third-order valence-corrected chi connectivity index (χ3v) is 10.6. The minimum absolute atomic E-state index is 0.113. The van der Waals surface area contributed by atoms with E-state index in [2.05, 4.69) is 68.6 Å². The summed E-state index contributed by atoms with van der Waals surface area (Å²) in [5, 5.41) is 7.46. The molecule has 11 heteroatoms. The number of pyridine rings is 2. The van der Waals surface area contributed by atoms with Gasteiger partial charge in [-0.2, -0.15) is 0 Å². The van der Waals surface area contributed by atoms with Crippen LogP contribution in [0.4, 0.5) is 4.39 Å². The van der Waals surface area contributed by atoms with Crippen molar-refractivity contribution in [2.75, 3.05) is 13.1 Å². The Bertz CT molecular complexity index is 2220. The van der Waals surface area contributed by atoms with E-state index in [-0.39, 0.29) is 30.3 Å². The van der Waals surface area contributed by atoms with Crippen molar-refractivity contribution in [3.63, 3.8) is 0 Å². The molecular formula is C42H43FN8O2. The van der Waals surface area contributed by atoms with Crippen LogP contribution in [0.15, 0.2) is 91.5 Å². The van der Waals surface area contributed by atoms with Crippen LogP contribution in [0, 0.1) is 26.6 Å². The number of carbonyl (C=O) groups is 1. The molecule has 8 rings (SSSR count). The second kappa shape index (κ2) is 14.9. The normalized spacial score (nSPS) is 20.1. The molecule has 2 aliphatic rings. The highest BCUT2D eigenvalue weighted by Gasteiger charge is 2.42. The smallest absolute Gasteiger partial charge is 0.251 e. The molecule has 0 spiro atoms. The Morgan fingerprint density at radius 3 is 2.34 bits per heavy atom. The maximum atomic E-state index is 13.6. The van der Waals surface area contributed by atoms with Crippen molar-refractivity contribution in [1.29, 1.82) is 0 Å². The first-order chi connectivity index (χ1) is 25.8. The van der Waals surface area contributed by atoms with Gasteiger partial charge in [-0.05, 0) is 105 Å². The summed E-state index contributed by atoms with van der Waals surface area (Å²) in [4.78, 5) is 37.5. The number of likely N-dealkylation sites (tertiary alicyclic amines) is 1. The zero-order valence-corrected chi connectivity index (χ0v) is 30.1. The largest absolute Gasteiger partial charge is 0.348 e. The molecule has 6 heterocycles. The van der Waals surface area contributed by atoms with E-state index < -0.39 is 5.82 Å². The van der Waals surface area contributed by atoms with Gasteiger partial charge in [0, 0.05) is 48.5 Å². The molecule has 53 heavy (non-hydrogen) atoms. The first kappa shape index (κ1) is 34.7. The van der Waals surface area contributed by atoms with Gasteiger partial charge in [0.25, 0.3) is 5.91 Å². The van der Waals surface area contributed by atoms with Crippen molar-refractivity contribution in [3.05, 3.63) is 142 Å². The number of fused-ring (bicyclic) bond motifs is 1. The number of rotatable bonds is 11. The highest BCUT2D eigenvalue weighted by atomic mass is 19.1. The fourth-order valence-corrected chi connectivity index (χ4v) is 7.78. The molecule has 0 radical (unpaired) electrons. The van der Waals surface area contributed by atoms with Gasteiger partial charge >= 0.3 is 0 Å². The molecule has 1 amide bonds. The molecule has 3 N–H and O–H groups in total. The van der Waals surface area contributed by atoms with Gasteiger partial charge in [-0.1, -0.05) is 30.3 Å². The van der Waals surface area contributed by atoms with E-state index in [4.69, 9.17) is 14.7 Å². The number of nitrogens with one attached hydrogen (secondary N) is 3. The third kappa shape index (κ3) is 7.33. The maximum absolute atomic E-state index is 13.6. The third-order valence-electron chi connectivity index (χ3n) is 10.6. The lowest BCUT2D eigenvalue weighted by Gasteiger charge is -2.42. The van der Waals surface area contributed by atoms with Gasteiger partial charge < -0.3 is 15.0 Å². The van der Waals surface area contributed by atoms with E-state index in [9.17, 15) is 9.18 Å². The lowest BCUT2D eigenvalue weighted by Crippen LogP contribution is -2.42. The van der Waals surface area contributed by atoms with Crippen molar-refractivity contribution in [2.45, 2.75) is 71.0 Å². The Morgan fingerprint density at radius 2 is 1.64 bits per heavy atom. The summed E-state index contributed by atoms with van der Waals surface area (Å²) < 4.78 is 19.7. The first-order valence-corrected chi connectivity index (χ1v) is 18.3. The van der Waals surface area contributed by atoms with Crippen molar-refractivity contribution >= 4 is 16.9 Å². The number of nitrogens with zero attached hydrogens (tertiary/aromatic N) is 5. The Balaban J connectivity index is 0.938. The average Bonchev–Trinajstić information content (AvgIpc) is 3.81. The number of hydrogen-bond donors (Lipinski definition) is 3. The molecule has 10 nitrogen and oxygen atoms in total. The molecule has 6 aromatic rings. The van der Waals surface area contributed by atoms with Gasteiger partial charge in [0.15, 0.2) is 0 Å². The van der Waals surface area contributed by atoms with E-state index in [1.807, 2.05) is 43.6 Å². The molecule has 0 bridgehead atoms. The molecule has 2 saturated heterocycles. The fourth-order valence-electron chi connectivity index (χ4n) is 7.78. The van der Waals surface area contributed by atoms with Gasteiger partial charge in [0.2, 0.25) is 0 Å². The molecule has 2 aliphatic heterocycles. The number of carbonyl (C=O) groups excluding carboxylic acids is 1. The molecular weight excluding hydrogens is 668 g/mol. The Hall–Kier alpha value is -5.36. The summed E-state index contributed by atoms with van der Waals surface area (Å²) in [6.07, 6.45) is 8.41. The highest BCUT2D eigenvalue weighted by Crippen LogP contribution is 2.42. The van der Waals surface area contributed by atoms with Gasteiger partial charge in [-0.15, -0.1) is 0 Å². The fraction of sp³-hybridized carbons (Fsp3) is 0.310. The predicted octanol–water partition coefficient (Wildman–Crippen LogP) is 7.36. The summed E-state index contributed by atoms with van der Waals surface area (Å²) in [6.45, 7) is 8.23. The summed E-state index contributed by atoms with van der Waals surface area (Å²) in [5.74, 6) is -0.759. The molecule has 270 valence electrons. The molecule has 0 saturated carbocycles. The van der Waals surface area contributed by atoms with Gasteiger partial charge in [-0.3, -0.25) is 25.0 Å². The Kier molecular flexibility index (Phi) is 9.78. The number of ether oxygens (including phenoxy) is 1. The van der Waals surface area contributed by atoms with Crippen LogP contribution >= 0.6 is 0 Å². The predicted molar refractivity (Wildman–Crippen MR) is 201 cm³/mol. The zero-order chi connectivity index (χ0) is 36.5. The van der Waals surface area contributed by atoms with E-state index in [1.54, 1.807) is 12.4 Å². The van der Waals surface area contributed by atoms with Crippen molar-refractivity contribution in [2.24, 2.45) is 0 Å². The second-order valence-electron chi connectivity index (χ2n) is 14.1. The van der Waals surface area contributed by atoms with Crippen LogP contribution in [0.1, 0.15) is 87.1 Å². The van der Waals surface area contributed by atoms with Crippen molar-refractivity contribution < 1.29 is 13.9 Å². The van der Waals surface area contributed by atoms with Crippen LogP contribution in [0.25, 0.3) is 22.3 Å². The van der Waals surface area contributed by atoms with Gasteiger partial charge in [-0.25, -0.2) is 14.4 Å². The van der Waals surface area contributed by atoms with Crippen molar-refractivity contribution in [3.8, 4) is 11.3 Å². The number of aromatic amines is 1. The molecule has 2 aromatic carbocycles. The number of benzene rings is 2. The van der Waals surface area contributed by atoms with Crippen LogP contribution < -0.4 is 10.6 Å². The molecule has 4 atom stereocenters. The number of piperidine rings is 1. The number of epoxide rings is 1. The second-order valence-corrected chi connectivity index (χ2v) is 14.1. The first-order valence-electron chi connectivity index (χ1n) is 18.3. The SMILES string of the molecule is Cc1cc(-c2ncnc3[nH]c(C4OC4NCCN4[C@@H](c5ncccc5C)CCC[C@H]4c4ncccc4C)cc23)ccc1CNC(=O)c1cccc(F)c1. The summed E-state index contributed by atoms with van der Waals surface area (Å²) in [5.41, 5.74) is 10.5. The van der Waals surface area contributed by atoms with E-state index >= 15 is 0 Å². The minimum Gasteiger partial charge on any atom is -0.348 e. The summed E-state index contributed by atoms with van der Waals surface area (Å²) in [6, 6.07) is 22.6. The summed E-state index contributed by atoms with van der Waals surface area (Å²) >= 11 is 0. The monoisotopic (exact) mass is 710 g/mol. The highest BCUT2D eigenvalue weighted by molar-refractivity contribution is 5.94. The molecule has 2 fully saturated rings. The number of hydrogen-bond acceptors (Lipinski definition) is 8. The molecule has 0 aliphatic carbocycles. The lowest BCUT2D eigenvalue weighted by atomic mass is 9.89. The summed E-state index contributed by atoms with van der Waals surface area (Å²) in [7, 11) is 0. The van der Waals surface area contributed by atoms with Crippen LogP contribution in [0.2, 0.25) is 0 Å². The quantitative estimate of drug-likeness (QED) is 0.119. The van der Waals surface area contributed by atoms with Crippen molar-refractivity contribution in [1.82, 2.24) is 40.5 Å². The van der Waals surface area contributed by atoms with E-state index in [0.717, 1.165) is 82.9 Å².